The van der Waals surface area contributed by atoms with Crippen molar-refractivity contribution >= 4 is 12.0 Å². The topological polar surface area (TPSA) is 49.9 Å². The molecule has 1 saturated heterocycles. The van der Waals surface area contributed by atoms with Gasteiger partial charge in [-0.1, -0.05) is 0 Å². The van der Waals surface area contributed by atoms with E-state index in [1.165, 1.54) is 4.90 Å². The molecule has 16 heavy (non-hydrogen) atoms. The number of likely N-dealkylation sites (N-methyl/N-ethyl adjacent to an activating group) is 1. The molecule has 5 heteroatoms. The predicted molar refractivity (Wildman–Crippen MR) is 60.1 cm³/mol. The van der Waals surface area contributed by atoms with E-state index in [0.29, 0.717) is 19.4 Å². The first-order valence-electron chi connectivity index (χ1n) is 5.78. The molecule has 2 amide bonds. The van der Waals surface area contributed by atoms with Gasteiger partial charge in [0.05, 0.1) is 6.54 Å². The van der Waals surface area contributed by atoms with Crippen LogP contribution in [0.1, 0.15) is 26.7 Å². The smallest absolute Gasteiger partial charge is 0.409 e. The highest BCUT2D eigenvalue weighted by Gasteiger charge is 2.28. The Morgan fingerprint density at radius 2 is 2.12 bits per heavy atom. The number of nitrogens with zero attached hydrogens (tertiary/aromatic N) is 2. The van der Waals surface area contributed by atoms with E-state index in [4.69, 9.17) is 4.74 Å². The van der Waals surface area contributed by atoms with E-state index in [1.54, 1.807) is 11.9 Å². The van der Waals surface area contributed by atoms with Gasteiger partial charge in [0, 0.05) is 26.6 Å². The Kier molecular flexibility index (Phi) is 4.58. The lowest BCUT2D eigenvalue weighted by molar-refractivity contribution is -0.131. The molecule has 0 saturated carbocycles. The van der Waals surface area contributed by atoms with Crippen LogP contribution in [0.15, 0.2) is 0 Å². The molecule has 0 radical (unpaired) electrons. The van der Waals surface area contributed by atoms with Crippen LogP contribution in [0.4, 0.5) is 4.79 Å². The lowest BCUT2D eigenvalue weighted by Gasteiger charge is -2.19. The lowest BCUT2D eigenvalue weighted by Crippen LogP contribution is -2.31. The van der Waals surface area contributed by atoms with Gasteiger partial charge in [0.25, 0.3) is 0 Å². The zero-order valence-corrected chi connectivity index (χ0v) is 10.2. The van der Waals surface area contributed by atoms with Crippen molar-refractivity contribution in [2.45, 2.75) is 32.8 Å². The van der Waals surface area contributed by atoms with Crippen molar-refractivity contribution < 1.29 is 14.3 Å². The number of hydrogen-bond acceptors (Lipinski definition) is 3. The van der Waals surface area contributed by atoms with Gasteiger partial charge in [0.15, 0.2) is 0 Å². The first-order chi connectivity index (χ1) is 7.58. The molecule has 5 nitrogen and oxygen atoms in total. The Morgan fingerprint density at radius 1 is 1.50 bits per heavy atom. The molecule has 0 aliphatic carbocycles. The summed E-state index contributed by atoms with van der Waals surface area (Å²) in [5.41, 5.74) is 0. The monoisotopic (exact) mass is 228 g/mol. The molecule has 0 aromatic carbocycles. The molecule has 0 aromatic rings. The largest absolute Gasteiger partial charge is 0.444 e. The third kappa shape index (κ3) is 3.12. The summed E-state index contributed by atoms with van der Waals surface area (Å²) in [6.45, 7) is 5.99. The van der Waals surface area contributed by atoms with E-state index < -0.39 is 0 Å². The molecule has 92 valence electrons. The molecule has 1 rings (SSSR count). The minimum Gasteiger partial charge on any atom is -0.444 e. The maximum atomic E-state index is 11.7. The first-order valence-corrected chi connectivity index (χ1v) is 5.78. The van der Waals surface area contributed by atoms with Crippen molar-refractivity contribution in [3.05, 3.63) is 0 Å². The summed E-state index contributed by atoms with van der Waals surface area (Å²) < 4.78 is 5.09. The number of amides is 2. The zero-order valence-electron chi connectivity index (χ0n) is 10.2. The second kappa shape index (κ2) is 5.72. The number of carbonyl (C=O) groups is 2. The summed E-state index contributed by atoms with van der Waals surface area (Å²) in [6, 6.07) is 0. The van der Waals surface area contributed by atoms with Gasteiger partial charge >= 0.3 is 6.09 Å². The van der Waals surface area contributed by atoms with Crippen molar-refractivity contribution in [2.75, 3.05) is 26.7 Å². The maximum Gasteiger partial charge on any atom is 0.409 e. The Hall–Kier alpha value is -1.26. The van der Waals surface area contributed by atoms with Crippen molar-refractivity contribution in [1.82, 2.24) is 9.80 Å². The van der Waals surface area contributed by atoms with Gasteiger partial charge in [-0.05, 0) is 20.3 Å². The molecule has 1 heterocycles. The molecule has 1 aliphatic rings. The fraction of sp³-hybridized carbons (Fsp3) is 0.818. The second-order valence-electron chi connectivity index (χ2n) is 3.99. The number of hydrogen-bond donors (Lipinski definition) is 0. The summed E-state index contributed by atoms with van der Waals surface area (Å²) in [6.07, 6.45) is 0.649. The van der Waals surface area contributed by atoms with E-state index in [0.717, 1.165) is 13.1 Å². The Labute approximate surface area is 96.3 Å². The zero-order chi connectivity index (χ0) is 12.1. The van der Waals surface area contributed by atoms with Gasteiger partial charge in [-0.2, -0.15) is 0 Å². The molecular weight excluding hydrogens is 208 g/mol. The van der Waals surface area contributed by atoms with Crippen molar-refractivity contribution in [3.8, 4) is 0 Å². The van der Waals surface area contributed by atoms with Gasteiger partial charge in [0.2, 0.25) is 5.91 Å². The summed E-state index contributed by atoms with van der Waals surface area (Å²) >= 11 is 0. The summed E-state index contributed by atoms with van der Waals surface area (Å²) in [5, 5.41) is 0. The Bertz CT molecular complexity index is 264. The van der Waals surface area contributed by atoms with Gasteiger partial charge in [-0.25, -0.2) is 4.79 Å². The van der Waals surface area contributed by atoms with Gasteiger partial charge in [-0.3, -0.25) is 4.79 Å². The molecule has 0 N–H and O–H groups in total. The van der Waals surface area contributed by atoms with Gasteiger partial charge < -0.3 is 14.5 Å². The molecule has 1 atom stereocenters. The van der Waals surface area contributed by atoms with E-state index in [2.05, 4.69) is 0 Å². The van der Waals surface area contributed by atoms with Crippen LogP contribution in [0.3, 0.4) is 0 Å². The van der Waals surface area contributed by atoms with E-state index >= 15 is 0 Å². The number of rotatable bonds is 5. The van der Waals surface area contributed by atoms with Crippen LogP contribution in [0.2, 0.25) is 0 Å². The van der Waals surface area contributed by atoms with Crippen LogP contribution in [-0.4, -0.2) is 54.6 Å². The summed E-state index contributed by atoms with van der Waals surface area (Å²) in [4.78, 5) is 26.1. The summed E-state index contributed by atoms with van der Waals surface area (Å²) in [7, 11) is 1.70. The Morgan fingerprint density at radius 3 is 2.56 bits per heavy atom. The minimum absolute atomic E-state index is 0.128. The van der Waals surface area contributed by atoms with Crippen LogP contribution in [-0.2, 0) is 9.53 Å². The van der Waals surface area contributed by atoms with Crippen molar-refractivity contribution in [1.29, 1.82) is 0 Å². The normalized spacial score (nSPS) is 19.8. The maximum absolute atomic E-state index is 11.7. The quantitative estimate of drug-likeness (QED) is 0.707. The highest BCUT2D eigenvalue weighted by molar-refractivity contribution is 5.76. The van der Waals surface area contributed by atoms with Crippen molar-refractivity contribution in [3.63, 3.8) is 0 Å². The molecule has 1 fully saturated rings. The van der Waals surface area contributed by atoms with Crippen LogP contribution < -0.4 is 0 Å². The summed E-state index contributed by atoms with van der Waals surface area (Å²) in [5.74, 6) is 0.135. The van der Waals surface area contributed by atoms with E-state index in [1.807, 2.05) is 13.8 Å². The van der Waals surface area contributed by atoms with Gasteiger partial charge in [-0.15, -0.1) is 0 Å². The molecule has 0 bridgehead atoms. The fourth-order valence-corrected chi connectivity index (χ4v) is 1.82. The number of carbonyl (C=O) groups excluding carboxylic acids is 2. The molecule has 1 unspecified atom stereocenters. The second-order valence-corrected chi connectivity index (χ2v) is 3.99. The van der Waals surface area contributed by atoms with Crippen LogP contribution in [0.5, 0.6) is 0 Å². The molecule has 0 aromatic heterocycles. The third-order valence-electron chi connectivity index (χ3n) is 2.85. The van der Waals surface area contributed by atoms with Gasteiger partial charge in [0.1, 0.15) is 6.10 Å². The molecule has 0 spiro atoms. The lowest BCUT2D eigenvalue weighted by atomic mass is 10.2. The van der Waals surface area contributed by atoms with Crippen LogP contribution in [0, 0.1) is 0 Å². The predicted octanol–water partition coefficient (Wildman–Crippen LogP) is 1.09. The van der Waals surface area contributed by atoms with Crippen LogP contribution >= 0.6 is 0 Å². The molecule has 1 aliphatic heterocycles. The SMILES string of the molecule is CCN(CC)C(=O)CCC1CN(C)C(=O)O1. The molecular formula is C11H20N2O3. The Balaban J connectivity index is 2.30. The number of ether oxygens (including phenoxy) is 1. The van der Waals surface area contributed by atoms with Crippen LogP contribution in [0.25, 0.3) is 0 Å². The standard InChI is InChI=1S/C11H20N2O3/c1-4-13(5-2)10(14)7-6-9-8-12(3)11(15)16-9/h9H,4-8H2,1-3H3. The highest BCUT2D eigenvalue weighted by atomic mass is 16.6. The average Bonchev–Trinajstić information content (AvgIpc) is 2.57. The van der Waals surface area contributed by atoms with Crippen molar-refractivity contribution in [2.24, 2.45) is 0 Å². The highest BCUT2D eigenvalue weighted by Crippen LogP contribution is 2.14. The van der Waals surface area contributed by atoms with E-state index in [9.17, 15) is 9.59 Å². The average molecular weight is 228 g/mol. The fourth-order valence-electron chi connectivity index (χ4n) is 1.82. The van der Waals surface area contributed by atoms with E-state index in [-0.39, 0.29) is 18.1 Å². The minimum atomic E-state index is -0.291. The first kappa shape index (κ1) is 12.8. The number of cyclic esters (lactones) is 1. The third-order valence-corrected chi connectivity index (χ3v) is 2.85.